The van der Waals surface area contributed by atoms with Crippen LogP contribution in [-0.4, -0.2) is 57.0 Å². The summed E-state index contributed by atoms with van der Waals surface area (Å²) < 4.78 is 7.73. The van der Waals surface area contributed by atoms with Crippen molar-refractivity contribution in [2.24, 2.45) is 0 Å². The lowest BCUT2D eigenvalue weighted by molar-refractivity contribution is 0.0259. The van der Waals surface area contributed by atoms with E-state index >= 15 is 0 Å². The predicted octanol–water partition coefficient (Wildman–Crippen LogP) is 2.61. The van der Waals surface area contributed by atoms with Crippen molar-refractivity contribution < 1.29 is 14.3 Å². The van der Waals surface area contributed by atoms with Gasteiger partial charge in [0.05, 0.1) is 12.1 Å². The lowest BCUT2D eigenvalue weighted by Crippen LogP contribution is -2.60. The molecule has 1 aliphatic carbocycles. The molecule has 1 aromatic carbocycles. The number of aryl methyl sites for hydroxylation is 1. The minimum Gasteiger partial charge on any atom is -0.351 e. The molecule has 3 heterocycles. The molecule has 2 amide bonds. The third-order valence-electron chi connectivity index (χ3n) is 7.27. The van der Waals surface area contributed by atoms with Crippen molar-refractivity contribution >= 4 is 11.8 Å². The van der Waals surface area contributed by atoms with E-state index in [4.69, 9.17) is 4.74 Å². The van der Waals surface area contributed by atoms with Crippen LogP contribution in [0.4, 0.5) is 0 Å². The van der Waals surface area contributed by atoms with Crippen LogP contribution in [0.3, 0.4) is 0 Å². The number of hydrogen-bond donors (Lipinski definition) is 2. The van der Waals surface area contributed by atoms with Crippen LogP contribution < -0.4 is 10.6 Å². The van der Waals surface area contributed by atoms with Crippen molar-refractivity contribution in [3.8, 4) is 0 Å². The van der Waals surface area contributed by atoms with Gasteiger partial charge in [-0.25, -0.2) is 0 Å². The van der Waals surface area contributed by atoms with Crippen molar-refractivity contribution in [2.75, 3.05) is 6.54 Å². The monoisotopic (exact) mass is 451 g/mol. The van der Waals surface area contributed by atoms with E-state index in [1.54, 1.807) is 10.7 Å². The van der Waals surface area contributed by atoms with Gasteiger partial charge in [0.1, 0.15) is 18.0 Å². The number of carbonyl (C=O) groups excluding carboxylic acids is 2. The first-order valence-electron chi connectivity index (χ1n) is 12.0. The van der Waals surface area contributed by atoms with Gasteiger partial charge in [-0.15, -0.1) is 0 Å². The smallest absolute Gasteiger partial charge is 0.272 e. The molecule has 2 aromatic rings. The summed E-state index contributed by atoms with van der Waals surface area (Å²) in [7, 11) is 0. The average Bonchev–Trinajstić information content (AvgIpc) is 3.17. The quantitative estimate of drug-likeness (QED) is 0.632. The van der Waals surface area contributed by atoms with Crippen molar-refractivity contribution in [2.45, 2.75) is 83.5 Å². The van der Waals surface area contributed by atoms with Crippen LogP contribution in [0.5, 0.6) is 0 Å². The lowest BCUT2D eigenvalue weighted by atomic mass is 9.91. The number of amides is 2. The second-order valence-electron chi connectivity index (χ2n) is 9.78. The van der Waals surface area contributed by atoms with Gasteiger partial charge in [-0.2, -0.15) is 5.10 Å². The summed E-state index contributed by atoms with van der Waals surface area (Å²) in [6.45, 7) is 7.57. The van der Waals surface area contributed by atoms with E-state index in [1.165, 1.54) is 25.7 Å². The molecule has 33 heavy (non-hydrogen) atoms. The maximum atomic E-state index is 13.4. The molecule has 176 valence electrons. The summed E-state index contributed by atoms with van der Waals surface area (Å²) in [4.78, 5) is 28.0. The number of nitrogens with zero attached hydrogens (tertiary/aromatic N) is 3. The Balaban J connectivity index is 1.30. The van der Waals surface area contributed by atoms with E-state index in [0.29, 0.717) is 31.4 Å². The van der Waals surface area contributed by atoms with Gasteiger partial charge in [0.15, 0.2) is 5.69 Å². The highest BCUT2D eigenvalue weighted by molar-refractivity contribution is 5.98. The van der Waals surface area contributed by atoms with Crippen LogP contribution in [0.25, 0.3) is 0 Å². The van der Waals surface area contributed by atoms with Crippen molar-refractivity contribution in [3.63, 3.8) is 0 Å². The van der Waals surface area contributed by atoms with Crippen LogP contribution in [0, 0.1) is 6.92 Å². The van der Waals surface area contributed by atoms with Gasteiger partial charge >= 0.3 is 0 Å². The zero-order valence-electron chi connectivity index (χ0n) is 19.6. The largest absolute Gasteiger partial charge is 0.351 e. The van der Waals surface area contributed by atoms with Gasteiger partial charge in [0, 0.05) is 25.2 Å². The molecule has 1 saturated carbocycles. The summed E-state index contributed by atoms with van der Waals surface area (Å²) in [5, 5.41) is 11.0. The van der Waals surface area contributed by atoms with Gasteiger partial charge in [0.25, 0.3) is 11.8 Å². The Morgan fingerprint density at radius 2 is 2.06 bits per heavy atom. The zero-order chi connectivity index (χ0) is 23.2. The van der Waals surface area contributed by atoms with E-state index in [0.717, 1.165) is 11.1 Å². The minimum absolute atomic E-state index is 0.0332. The molecular weight excluding hydrogens is 418 g/mol. The van der Waals surface area contributed by atoms with E-state index in [-0.39, 0.29) is 29.8 Å². The number of carbonyl (C=O) groups is 2. The Morgan fingerprint density at radius 3 is 2.79 bits per heavy atom. The van der Waals surface area contributed by atoms with Crippen LogP contribution in [-0.2, 0) is 17.8 Å². The molecule has 3 unspecified atom stereocenters. The first kappa shape index (κ1) is 22.1. The Bertz CT molecular complexity index is 1060. The third kappa shape index (κ3) is 4.17. The second-order valence-corrected chi connectivity index (χ2v) is 9.78. The van der Waals surface area contributed by atoms with Crippen LogP contribution >= 0.6 is 0 Å². The lowest BCUT2D eigenvalue weighted by Gasteiger charge is -2.43. The summed E-state index contributed by atoms with van der Waals surface area (Å²) in [5.74, 6) is -0.383. The standard InChI is InChI=1S/C25H33N5O3/c1-4-29-24(32)20-13-19(22(31)26-14-17-9-7-8-16(2)12-17)28-30(20)15-25(29,3)21-23(33-21)27-18-10-5-6-11-18/h7-9,12-13,18,21,23,27H,4-6,10-11,14-15H2,1-3H3,(H,26,31). The minimum atomic E-state index is -0.517. The van der Waals surface area contributed by atoms with Crippen molar-refractivity contribution in [1.82, 2.24) is 25.3 Å². The molecule has 0 spiro atoms. The highest BCUT2D eigenvalue weighted by Gasteiger charge is 2.58. The zero-order valence-corrected chi connectivity index (χ0v) is 19.6. The van der Waals surface area contributed by atoms with Crippen molar-refractivity contribution in [3.05, 3.63) is 52.8 Å². The van der Waals surface area contributed by atoms with Gasteiger partial charge in [0.2, 0.25) is 0 Å². The molecular formula is C25H33N5O3. The number of benzene rings is 1. The first-order valence-corrected chi connectivity index (χ1v) is 12.0. The van der Waals surface area contributed by atoms with Crippen molar-refractivity contribution in [1.29, 1.82) is 0 Å². The summed E-state index contributed by atoms with van der Waals surface area (Å²) >= 11 is 0. The number of rotatable bonds is 7. The Hall–Kier alpha value is -2.71. The molecule has 2 fully saturated rings. The number of nitrogens with one attached hydrogen (secondary N) is 2. The number of aromatic nitrogens is 2. The van der Waals surface area contributed by atoms with E-state index in [9.17, 15) is 9.59 Å². The topological polar surface area (TPSA) is 91.8 Å². The maximum Gasteiger partial charge on any atom is 0.272 e. The fourth-order valence-corrected chi connectivity index (χ4v) is 5.46. The van der Waals surface area contributed by atoms with Crippen LogP contribution in [0.15, 0.2) is 30.3 Å². The number of likely N-dealkylation sites (N-methyl/N-ethyl adjacent to an activating group) is 1. The van der Waals surface area contributed by atoms with Crippen LogP contribution in [0.1, 0.15) is 71.6 Å². The average molecular weight is 452 g/mol. The SMILES string of the molecule is CCN1C(=O)c2cc(C(=O)NCc3cccc(C)c3)nn2CC1(C)C1OC1NC1CCCC1. The molecule has 1 saturated heterocycles. The molecule has 2 aliphatic heterocycles. The van der Waals surface area contributed by atoms with Gasteiger partial charge in [-0.1, -0.05) is 42.7 Å². The molecule has 2 N–H and O–H groups in total. The molecule has 0 radical (unpaired) electrons. The van der Waals surface area contributed by atoms with Gasteiger partial charge in [-0.05, 0) is 39.2 Å². The highest BCUT2D eigenvalue weighted by atomic mass is 16.6. The molecule has 8 nitrogen and oxygen atoms in total. The molecule has 5 rings (SSSR count). The summed E-state index contributed by atoms with van der Waals surface area (Å²) in [6.07, 6.45) is 4.77. The third-order valence-corrected chi connectivity index (χ3v) is 7.27. The first-order chi connectivity index (χ1) is 15.9. The maximum absolute atomic E-state index is 13.4. The highest BCUT2D eigenvalue weighted by Crippen LogP contribution is 2.40. The number of ether oxygens (including phenoxy) is 1. The van der Waals surface area contributed by atoms with E-state index in [1.807, 2.05) is 43.0 Å². The molecule has 3 atom stereocenters. The predicted molar refractivity (Wildman–Crippen MR) is 124 cm³/mol. The van der Waals surface area contributed by atoms with Gasteiger partial charge in [-0.3, -0.25) is 19.6 Å². The Labute approximate surface area is 194 Å². The summed E-state index contributed by atoms with van der Waals surface area (Å²) in [6, 6.07) is 10.1. The molecule has 0 bridgehead atoms. The van der Waals surface area contributed by atoms with Gasteiger partial charge < -0.3 is 15.0 Å². The molecule has 1 aromatic heterocycles. The Kier molecular flexibility index (Phi) is 5.74. The number of fused-ring (bicyclic) bond motifs is 1. The summed E-state index contributed by atoms with van der Waals surface area (Å²) in [5.41, 5.74) is 2.38. The van der Waals surface area contributed by atoms with Crippen LogP contribution in [0.2, 0.25) is 0 Å². The van der Waals surface area contributed by atoms with E-state index in [2.05, 4.69) is 22.7 Å². The molecule has 3 aliphatic rings. The molecule has 8 heteroatoms. The fraction of sp³-hybridized carbons (Fsp3) is 0.560. The number of epoxide rings is 1. The normalized spacial score (nSPS) is 27.0. The van der Waals surface area contributed by atoms with E-state index < -0.39 is 5.54 Å². The second kappa shape index (κ2) is 8.57. The number of hydrogen-bond acceptors (Lipinski definition) is 5. The Morgan fingerprint density at radius 1 is 1.27 bits per heavy atom. The fourth-order valence-electron chi connectivity index (χ4n) is 5.46.